The fourth-order valence-electron chi connectivity index (χ4n) is 2.23. The van der Waals surface area contributed by atoms with Crippen LogP contribution in [0, 0.1) is 0 Å². The average Bonchev–Trinajstić information content (AvgIpc) is 2.45. The molecule has 3 heteroatoms. The summed E-state index contributed by atoms with van der Waals surface area (Å²) in [5.41, 5.74) is 2.47. The molecule has 1 aromatic carbocycles. The molecule has 0 atom stereocenters. The molecule has 0 amide bonds. The molecule has 0 unspecified atom stereocenters. The summed E-state index contributed by atoms with van der Waals surface area (Å²) >= 11 is 0. The highest BCUT2D eigenvalue weighted by atomic mass is 16.5. The van der Waals surface area contributed by atoms with Crippen molar-refractivity contribution in [3.05, 3.63) is 65.8 Å². The van der Waals surface area contributed by atoms with E-state index >= 15 is 0 Å². The minimum Gasteiger partial charge on any atom is -0.496 e. The third-order valence-electron chi connectivity index (χ3n) is 3.21. The van der Waals surface area contributed by atoms with Crippen molar-refractivity contribution in [3.8, 4) is 5.75 Å². The highest BCUT2D eigenvalue weighted by molar-refractivity contribution is 6.17. The lowest BCUT2D eigenvalue weighted by atomic mass is 9.92. The van der Waals surface area contributed by atoms with Gasteiger partial charge in [-0.1, -0.05) is 18.2 Å². The van der Waals surface area contributed by atoms with E-state index in [2.05, 4.69) is 6.58 Å². The first-order valence-corrected chi connectivity index (χ1v) is 6.38. The summed E-state index contributed by atoms with van der Waals surface area (Å²) in [4.78, 5) is 23.3. The number of hydrogen-bond donors (Lipinski definition) is 0. The van der Waals surface area contributed by atoms with Gasteiger partial charge in [0.15, 0.2) is 11.6 Å². The second-order valence-corrected chi connectivity index (χ2v) is 4.54. The van der Waals surface area contributed by atoms with E-state index in [1.807, 2.05) is 18.2 Å². The van der Waals surface area contributed by atoms with E-state index in [1.165, 1.54) is 18.2 Å². The molecule has 1 aromatic rings. The van der Waals surface area contributed by atoms with Crippen LogP contribution in [0.15, 0.2) is 54.7 Å². The van der Waals surface area contributed by atoms with Crippen LogP contribution in [0.2, 0.25) is 0 Å². The molecule has 2 rings (SSSR count). The summed E-state index contributed by atoms with van der Waals surface area (Å²) in [6.07, 6.45) is 6.89. The highest BCUT2D eigenvalue weighted by Crippen LogP contribution is 2.27. The minimum atomic E-state index is -0.153. The third kappa shape index (κ3) is 2.94. The quantitative estimate of drug-likeness (QED) is 0.609. The first kappa shape index (κ1) is 14.0. The Hall–Kier alpha value is -2.42. The summed E-state index contributed by atoms with van der Waals surface area (Å²) in [5.74, 6) is 0.444. The first-order valence-electron chi connectivity index (χ1n) is 6.38. The second-order valence-electron chi connectivity index (χ2n) is 4.54. The van der Waals surface area contributed by atoms with Crippen molar-refractivity contribution >= 4 is 11.6 Å². The predicted molar refractivity (Wildman–Crippen MR) is 77.8 cm³/mol. The molecular weight excluding hydrogens is 252 g/mol. The van der Waals surface area contributed by atoms with Crippen LogP contribution in [-0.2, 0) is 22.4 Å². The standard InChI is InChI=1S/C17H16O3/c1-3-5-12-6-4-7-17(20-2)15(12)11-13-10-14(18)8-9-16(13)19/h3-4,6-10H,1,5,11H2,2H3. The largest absolute Gasteiger partial charge is 0.496 e. The van der Waals surface area contributed by atoms with E-state index in [-0.39, 0.29) is 11.6 Å². The van der Waals surface area contributed by atoms with Crippen LogP contribution in [0.5, 0.6) is 5.75 Å². The van der Waals surface area contributed by atoms with Gasteiger partial charge >= 0.3 is 0 Å². The van der Waals surface area contributed by atoms with Crippen molar-refractivity contribution in [1.29, 1.82) is 0 Å². The van der Waals surface area contributed by atoms with Gasteiger partial charge in [-0.05, 0) is 36.3 Å². The number of ether oxygens (including phenoxy) is 1. The molecule has 0 saturated carbocycles. The highest BCUT2D eigenvalue weighted by Gasteiger charge is 2.17. The molecule has 102 valence electrons. The van der Waals surface area contributed by atoms with Crippen molar-refractivity contribution in [2.45, 2.75) is 12.8 Å². The van der Waals surface area contributed by atoms with Crippen LogP contribution in [0.4, 0.5) is 0 Å². The van der Waals surface area contributed by atoms with Gasteiger partial charge in [-0.25, -0.2) is 0 Å². The van der Waals surface area contributed by atoms with E-state index in [0.717, 1.165) is 16.9 Å². The Bertz CT molecular complexity index is 621. The fourth-order valence-corrected chi connectivity index (χ4v) is 2.23. The van der Waals surface area contributed by atoms with Gasteiger partial charge in [-0.3, -0.25) is 9.59 Å². The van der Waals surface area contributed by atoms with Gasteiger partial charge in [0, 0.05) is 17.6 Å². The summed E-state index contributed by atoms with van der Waals surface area (Å²) in [7, 11) is 1.60. The van der Waals surface area contributed by atoms with Crippen molar-refractivity contribution in [2.75, 3.05) is 7.11 Å². The van der Waals surface area contributed by atoms with Gasteiger partial charge in [0.25, 0.3) is 0 Å². The normalized spacial score (nSPS) is 14.2. The van der Waals surface area contributed by atoms with E-state index in [1.54, 1.807) is 13.2 Å². The van der Waals surface area contributed by atoms with Gasteiger partial charge < -0.3 is 4.74 Å². The fraction of sp³-hybridized carbons (Fsp3) is 0.176. The molecule has 0 heterocycles. The number of allylic oxidation sites excluding steroid dienone is 5. The van der Waals surface area contributed by atoms with E-state index in [4.69, 9.17) is 4.74 Å². The molecule has 20 heavy (non-hydrogen) atoms. The number of hydrogen-bond acceptors (Lipinski definition) is 3. The zero-order chi connectivity index (χ0) is 14.5. The monoisotopic (exact) mass is 268 g/mol. The van der Waals surface area contributed by atoms with Gasteiger partial charge in [-0.2, -0.15) is 0 Å². The average molecular weight is 268 g/mol. The van der Waals surface area contributed by atoms with Crippen LogP contribution in [0.1, 0.15) is 11.1 Å². The first-order chi connectivity index (χ1) is 9.65. The van der Waals surface area contributed by atoms with Gasteiger partial charge in [-0.15, -0.1) is 6.58 Å². The maximum absolute atomic E-state index is 11.8. The third-order valence-corrected chi connectivity index (χ3v) is 3.21. The Labute approximate surface area is 118 Å². The van der Waals surface area contributed by atoms with E-state index in [9.17, 15) is 9.59 Å². The molecule has 3 nitrogen and oxygen atoms in total. The molecule has 0 spiro atoms. The lowest BCUT2D eigenvalue weighted by Gasteiger charge is -2.14. The van der Waals surface area contributed by atoms with Gasteiger partial charge in [0.2, 0.25) is 0 Å². The molecule has 0 fully saturated rings. The van der Waals surface area contributed by atoms with Gasteiger partial charge in [0.05, 0.1) is 7.11 Å². The Balaban J connectivity index is 2.39. The zero-order valence-electron chi connectivity index (χ0n) is 11.4. The van der Waals surface area contributed by atoms with Crippen molar-refractivity contribution in [1.82, 2.24) is 0 Å². The molecule has 0 saturated heterocycles. The number of carbonyl (C=O) groups excluding carboxylic acids is 2. The van der Waals surface area contributed by atoms with Crippen molar-refractivity contribution in [3.63, 3.8) is 0 Å². The Morgan fingerprint density at radius 1 is 1.25 bits per heavy atom. The summed E-state index contributed by atoms with van der Waals surface area (Å²) in [6.45, 7) is 3.74. The van der Waals surface area contributed by atoms with E-state index < -0.39 is 0 Å². The molecular formula is C17H16O3. The van der Waals surface area contributed by atoms with Gasteiger partial charge in [0.1, 0.15) is 5.75 Å². The lowest BCUT2D eigenvalue weighted by molar-refractivity contribution is -0.114. The summed E-state index contributed by atoms with van der Waals surface area (Å²) < 4.78 is 5.36. The molecule has 0 aliphatic heterocycles. The predicted octanol–water partition coefficient (Wildman–Crippen LogP) is 2.60. The van der Waals surface area contributed by atoms with Crippen molar-refractivity contribution < 1.29 is 14.3 Å². The summed E-state index contributed by atoms with van der Waals surface area (Å²) in [5, 5.41) is 0. The Morgan fingerprint density at radius 2 is 2.05 bits per heavy atom. The van der Waals surface area contributed by atoms with E-state index in [0.29, 0.717) is 18.4 Å². The Kier molecular flexibility index (Phi) is 4.31. The second kappa shape index (κ2) is 6.15. The zero-order valence-corrected chi connectivity index (χ0v) is 11.4. The molecule has 0 aromatic heterocycles. The molecule has 1 aliphatic carbocycles. The number of carbonyl (C=O) groups is 2. The molecule has 0 N–H and O–H groups in total. The minimum absolute atomic E-state index is 0.125. The SMILES string of the molecule is C=CCc1cccc(OC)c1CC1=CC(=O)C=CC1=O. The smallest absolute Gasteiger partial charge is 0.182 e. The molecule has 0 bridgehead atoms. The summed E-state index contributed by atoms with van der Waals surface area (Å²) in [6, 6.07) is 5.74. The number of methoxy groups -OCH3 is 1. The Morgan fingerprint density at radius 3 is 2.75 bits per heavy atom. The van der Waals surface area contributed by atoms with Crippen molar-refractivity contribution in [2.24, 2.45) is 0 Å². The van der Waals surface area contributed by atoms with Crippen LogP contribution in [0.25, 0.3) is 0 Å². The maximum Gasteiger partial charge on any atom is 0.182 e. The van der Waals surface area contributed by atoms with Crippen LogP contribution < -0.4 is 4.74 Å². The topological polar surface area (TPSA) is 43.4 Å². The van der Waals surface area contributed by atoms with Crippen LogP contribution in [-0.4, -0.2) is 18.7 Å². The lowest BCUT2D eigenvalue weighted by Crippen LogP contribution is -2.11. The van der Waals surface area contributed by atoms with Crippen LogP contribution in [0.3, 0.4) is 0 Å². The maximum atomic E-state index is 11.8. The molecule has 1 aliphatic rings. The number of benzene rings is 1. The van der Waals surface area contributed by atoms with Crippen LogP contribution >= 0.6 is 0 Å². The molecule has 0 radical (unpaired) electrons. The number of ketones is 2. The number of rotatable bonds is 5.